The van der Waals surface area contributed by atoms with Crippen molar-refractivity contribution in [3.05, 3.63) is 41.0 Å². The summed E-state index contributed by atoms with van der Waals surface area (Å²) in [6.07, 6.45) is 1.60. The van der Waals surface area contributed by atoms with Crippen molar-refractivity contribution in [1.29, 1.82) is 0 Å². The predicted molar refractivity (Wildman–Crippen MR) is 76.9 cm³/mol. The van der Waals surface area contributed by atoms with Crippen molar-refractivity contribution in [2.45, 2.75) is 52.4 Å². The zero-order chi connectivity index (χ0) is 15.1. The topological polar surface area (TPSA) is 73.8 Å². The molecule has 4 heteroatoms. The zero-order valence-electron chi connectivity index (χ0n) is 12.3. The van der Waals surface area contributed by atoms with Crippen molar-refractivity contribution in [2.75, 3.05) is 0 Å². The first-order valence-corrected chi connectivity index (χ1v) is 6.90. The molecule has 0 aliphatic heterocycles. The van der Waals surface area contributed by atoms with Crippen LogP contribution in [0.5, 0.6) is 0 Å². The van der Waals surface area contributed by atoms with Gasteiger partial charge in [0.25, 0.3) is 0 Å². The van der Waals surface area contributed by atoms with Gasteiger partial charge < -0.3 is 19.7 Å². The summed E-state index contributed by atoms with van der Waals surface area (Å²) in [7, 11) is 0. The second-order valence-electron chi connectivity index (χ2n) is 5.36. The third-order valence-electron chi connectivity index (χ3n) is 3.14. The molecule has 0 amide bonds. The van der Waals surface area contributed by atoms with Gasteiger partial charge in [-0.15, -0.1) is 5.73 Å². The van der Waals surface area contributed by atoms with Crippen LogP contribution in [0.2, 0.25) is 0 Å². The minimum Gasteiger partial charge on any atom is -0.461 e. The highest BCUT2D eigenvalue weighted by Crippen LogP contribution is 2.20. The van der Waals surface area contributed by atoms with Crippen LogP contribution in [0.1, 0.15) is 51.2 Å². The summed E-state index contributed by atoms with van der Waals surface area (Å²) in [5, 5.41) is 28.5. The van der Waals surface area contributed by atoms with E-state index in [-0.39, 0.29) is 18.6 Å². The SMILES string of the molecule is CC(=C=CC[C@@H](O)c1ccc(CO)o1)C[C@@H](O)C(C)C. The lowest BCUT2D eigenvalue weighted by Crippen LogP contribution is -2.14. The number of aliphatic hydroxyl groups excluding tert-OH is 3. The van der Waals surface area contributed by atoms with Gasteiger partial charge >= 0.3 is 0 Å². The Labute approximate surface area is 120 Å². The summed E-state index contributed by atoms with van der Waals surface area (Å²) >= 11 is 0. The van der Waals surface area contributed by atoms with E-state index in [1.807, 2.05) is 20.8 Å². The van der Waals surface area contributed by atoms with E-state index >= 15 is 0 Å². The molecule has 0 aromatic carbocycles. The molecule has 3 N–H and O–H groups in total. The van der Waals surface area contributed by atoms with E-state index < -0.39 is 6.10 Å². The number of hydrogen-bond acceptors (Lipinski definition) is 4. The molecule has 1 aromatic rings. The summed E-state index contributed by atoms with van der Waals surface area (Å²) < 4.78 is 5.25. The van der Waals surface area contributed by atoms with Gasteiger partial charge in [0.05, 0.1) is 6.10 Å². The van der Waals surface area contributed by atoms with Gasteiger partial charge in [-0.05, 0) is 36.6 Å². The lowest BCUT2D eigenvalue weighted by Gasteiger charge is -2.13. The van der Waals surface area contributed by atoms with Crippen molar-refractivity contribution in [2.24, 2.45) is 5.92 Å². The highest BCUT2D eigenvalue weighted by molar-refractivity contribution is 5.10. The number of rotatable bonds is 7. The van der Waals surface area contributed by atoms with Gasteiger partial charge in [-0.25, -0.2) is 0 Å². The van der Waals surface area contributed by atoms with Crippen molar-refractivity contribution in [3.63, 3.8) is 0 Å². The maximum atomic E-state index is 9.91. The van der Waals surface area contributed by atoms with Gasteiger partial charge in [-0.3, -0.25) is 0 Å². The molecular formula is C16H24O4. The van der Waals surface area contributed by atoms with E-state index in [9.17, 15) is 10.2 Å². The van der Waals surface area contributed by atoms with Gasteiger partial charge in [0, 0.05) is 12.8 Å². The second-order valence-corrected chi connectivity index (χ2v) is 5.36. The first-order valence-electron chi connectivity index (χ1n) is 6.90. The molecule has 4 nitrogen and oxygen atoms in total. The summed E-state index contributed by atoms with van der Waals surface area (Å²) in [5.74, 6) is 1.10. The van der Waals surface area contributed by atoms with E-state index in [4.69, 9.17) is 9.52 Å². The maximum absolute atomic E-state index is 9.91. The minimum atomic E-state index is -0.745. The second kappa shape index (κ2) is 8.08. The molecule has 0 saturated carbocycles. The van der Waals surface area contributed by atoms with Crippen molar-refractivity contribution >= 4 is 0 Å². The van der Waals surface area contributed by atoms with Gasteiger partial charge in [0.1, 0.15) is 24.2 Å². The van der Waals surface area contributed by atoms with Gasteiger partial charge in [-0.1, -0.05) is 13.8 Å². The molecule has 0 aliphatic rings. The summed E-state index contributed by atoms with van der Waals surface area (Å²) in [5.41, 5.74) is 4.02. The Kier molecular flexibility index (Phi) is 6.76. The lowest BCUT2D eigenvalue weighted by atomic mass is 10.0. The molecule has 0 radical (unpaired) electrons. The van der Waals surface area contributed by atoms with E-state index in [0.29, 0.717) is 24.4 Å². The van der Waals surface area contributed by atoms with Crippen LogP contribution in [0.4, 0.5) is 0 Å². The Bertz CT molecular complexity index is 467. The first kappa shape index (κ1) is 16.7. The highest BCUT2D eigenvalue weighted by Gasteiger charge is 2.11. The van der Waals surface area contributed by atoms with Crippen molar-refractivity contribution in [3.8, 4) is 0 Å². The fraction of sp³-hybridized carbons (Fsp3) is 0.562. The monoisotopic (exact) mass is 280 g/mol. The van der Waals surface area contributed by atoms with Crippen LogP contribution >= 0.6 is 0 Å². The molecule has 0 aliphatic carbocycles. The Morgan fingerprint density at radius 2 is 2.05 bits per heavy atom. The van der Waals surface area contributed by atoms with E-state index in [1.54, 1.807) is 18.2 Å². The predicted octanol–water partition coefficient (Wildman–Crippen LogP) is 2.70. The Morgan fingerprint density at radius 3 is 2.60 bits per heavy atom. The Morgan fingerprint density at radius 1 is 1.35 bits per heavy atom. The van der Waals surface area contributed by atoms with E-state index in [2.05, 4.69) is 5.73 Å². The van der Waals surface area contributed by atoms with Crippen LogP contribution in [-0.2, 0) is 6.61 Å². The van der Waals surface area contributed by atoms with Crippen LogP contribution in [0.25, 0.3) is 0 Å². The van der Waals surface area contributed by atoms with Crippen molar-refractivity contribution < 1.29 is 19.7 Å². The van der Waals surface area contributed by atoms with Crippen LogP contribution < -0.4 is 0 Å². The van der Waals surface area contributed by atoms with Crippen molar-refractivity contribution in [1.82, 2.24) is 0 Å². The molecule has 0 bridgehead atoms. The Hall–Kier alpha value is -1.32. The average Bonchev–Trinajstić information content (AvgIpc) is 2.87. The fourth-order valence-corrected chi connectivity index (χ4v) is 1.73. The molecule has 0 spiro atoms. The third-order valence-corrected chi connectivity index (χ3v) is 3.14. The number of aliphatic hydroxyl groups is 3. The lowest BCUT2D eigenvalue weighted by molar-refractivity contribution is 0.125. The summed E-state index contributed by atoms with van der Waals surface area (Å²) in [4.78, 5) is 0. The van der Waals surface area contributed by atoms with Gasteiger partial charge in [0.15, 0.2) is 0 Å². The van der Waals surface area contributed by atoms with Crippen LogP contribution in [-0.4, -0.2) is 21.4 Å². The normalized spacial score (nSPS) is 13.9. The molecular weight excluding hydrogens is 256 g/mol. The largest absolute Gasteiger partial charge is 0.461 e. The quantitative estimate of drug-likeness (QED) is 0.671. The summed E-state index contributed by atoms with van der Waals surface area (Å²) in [6, 6.07) is 3.30. The van der Waals surface area contributed by atoms with E-state index in [0.717, 1.165) is 5.57 Å². The third kappa shape index (κ3) is 5.35. The first-order chi connectivity index (χ1) is 9.43. The van der Waals surface area contributed by atoms with E-state index in [1.165, 1.54) is 0 Å². The minimum absolute atomic E-state index is 0.172. The molecule has 0 fully saturated rings. The van der Waals surface area contributed by atoms with Crippen LogP contribution in [0, 0.1) is 5.92 Å². The summed E-state index contributed by atoms with van der Waals surface area (Å²) in [6.45, 7) is 5.68. The fourth-order valence-electron chi connectivity index (χ4n) is 1.73. The smallest absolute Gasteiger partial charge is 0.133 e. The molecule has 1 aromatic heterocycles. The number of furan rings is 1. The molecule has 0 unspecified atom stereocenters. The number of hydrogen-bond donors (Lipinski definition) is 3. The van der Waals surface area contributed by atoms with Crippen LogP contribution in [0.3, 0.4) is 0 Å². The van der Waals surface area contributed by atoms with Gasteiger partial charge in [0.2, 0.25) is 0 Å². The van der Waals surface area contributed by atoms with Gasteiger partial charge in [-0.2, -0.15) is 0 Å². The average molecular weight is 280 g/mol. The standard InChI is InChI=1S/C16H24O4/c1-11(2)15(19)9-12(3)5-4-6-14(18)16-8-7-13(10-17)20-16/h4,7-8,11,14-15,17-19H,6,9-10H2,1-3H3/t5?,14-,15-/m1/s1. The molecule has 1 heterocycles. The van der Waals surface area contributed by atoms with Crippen LogP contribution in [0.15, 0.2) is 33.9 Å². The molecule has 20 heavy (non-hydrogen) atoms. The molecule has 0 saturated heterocycles. The molecule has 2 atom stereocenters. The maximum Gasteiger partial charge on any atom is 0.133 e. The molecule has 1 rings (SSSR count). The zero-order valence-corrected chi connectivity index (χ0v) is 12.3. The highest BCUT2D eigenvalue weighted by atomic mass is 16.4. The Balaban J connectivity index is 2.54. The molecule has 112 valence electrons.